The van der Waals surface area contributed by atoms with Crippen LogP contribution in [0.25, 0.3) is 0 Å². The average Bonchev–Trinajstić information content (AvgIpc) is 2.53. The number of aliphatic imine (C=N–C) groups is 1. The van der Waals surface area contributed by atoms with Gasteiger partial charge in [0.25, 0.3) is 0 Å². The summed E-state index contributed by atoms with van der Waals surface area (Å²) in [6.45, 7) is 1.94. The number of aliphatic hydroxyl groups excluding tert-OH is 1. The fraction of sp³-hybridized carbons (Fsp3) is 0.235. The largest absolute Gasteiger partial charge is 0.386 e. The van der Waals surface area contributed by atoms with E-state index < -0.39 is 6.10 Å². The molecule has 2 rings (SSSR count). The number of guanidine groups is 1. The van der Waals surface area contributed by atoms with E-state index in [1.807, 2.05) is 13.0 Å². The van der Waals surface area contributed by atoms with E-state index in [1.54, 1.807) is 12.1 Å². The Balaban J connectivity index is 0.00000312. The highest BCUT2D eigenvalue weighted by atomic mass is 127. The first kappa shape index (κ1) is 22.0. The van der Waals surface area contributed by atoms with Crippen molar-refractivity contribution in [2.45, 2.75) is 19.1 Å². The van der Waals surface area contributed by atoms with E-state index in [0.29, 0.717) is 15.6 Å². The van der Waals surface area contributed by atoms with Crippen LogP contribution in [0.2, 0.25) is 10.0 Å². The summed E-state index contributed by atoms with van der Waals surface area (Å²) in [5.41, 5.74) is 7.24. The number of aliphatic hydroxyl groups is 1. The van der Waals surface area contributed by atoms with Crippen molar-refractivity contribution in [3.8, 4) is 0 Å². The number of rotatable bonds is 5. The molecule has 0 fully saturated rings. The van der Waals surface area contributed by atoms with Crippen molar-refractivity contribution < 1.29 is 9.50 Å². The topological polar surface area (TPSA) is 70.6 Å². The fourth-order valence-electron chi connectivity index (χ4n) is 2.17. The molecule has 0 saturated carbocycles. The molecule has 25 heavy (non-hydrogen) atoms. The first-order chi connectivity index (χ1) is 11.4. The monoisotopic (exact) mass is 497 g/mol. The molecule has 0 amide bonds. The van der Waals surface area contributed by atoms with Crippen LogP contribution < -0.4 is 11.1 Å². The predicted octanol–water partition coefficient (Wildman–Crippen LogP) is 4.45. The summed E-state index contributed by atoms with van der Waals surface area (Å²) in [6.07, 6.45) is -0.861. The van der Waals surface area contributed by atoms with Gasteiger partial charge >= 0.3 is 0 Å². The molecule has 0 aliphatic carbocycles. The molecule has 2 aromatic rings. The maximum atomic E-state index is 12.9. The van der Waals surface area contributed by atoms with E-state index in [2.05, 4.69) is 10.3 Å². The van der Waals surface area contributed by atoms with Gasteiger partial charge in [0.15, 0.2) is 5.96 Å². The molecular formula is C17H19Cl2FIN3O. The predicted molar refractivity (Wildman–Crippen MR) is 111 cm³/mol. The van der Waals surface area contributed by atoms with E-state index in [9.17, 15) is 9.50 Å². The summed E-state index contributed by atoms with van der Waals surface area (Å²) in [6, 6.07) is 10.6. The third-order valence-electron chi connectivity index (χ3n) is 3.48. The number of benzene rings is 2. The van der Waals surface area contributed by atoms with Gasteiger partial charge in [0.1, 0.15) is 5.82 Å². The quantitative estimate of drug-likeness (QED) is 0.324. The molecule has 0 aliphatic rings. The van der Waals surface area contributed by atoms with E-state index >= 15 is 0 Å². The Bertz CT molecular complexity index is 728. The molecule has 0 heterocycles. The standard InChI is InChI=1S/C17H18Cl2FN3O.HI/c1-10(14-7-4-12(18)8-15(14)19)23-17(21)22-9-16(24)11-2-5-13(20)6-3-11;/h2-8,10,16,24H,9H2,1H3,(H3,21,22,23);1H. The molecule has 0 spiro atoms. The van der Waals surface area contributed by atoms with Gasteiger partial charge in [-0.25, -0.2) is 4.39 Å². The Hall–Kier alpha value is -1.09. The lowest BCUT2D eigenvalue weighted by Crippen LogP contribution is -2.34. The zero-order valence-corrected chi connectivity index (χ0v) is 17.3. The number of hydrogen-bond donors (Lipinski definition) is 3. The van der Waals surface area contributed by atoms with Gasteiger partial charge in [0, 0.05) is 10.0 Å². The molecule has 4 N–H and O–H groups in total. The van der Waals surface area contributed by atoms with Crippen LogP contribution in [0.1, 0.15) is 30.2 Å². The first-order valence-corrected chi connectivity index (χ1v) is 8.07. The smallest absolute Gasteiger partial charge is 0.189 e. The van der Waals surface area contributed by atoms with Gasteiger partial charge < -0.3 is 16.2 Å². The number of nitrogens with zero attached hydrogens (tertiary/aromatic N) is 1. The maximum absolute atomic E-state index is 12.9. The van der Waals surface area contributed by atoms with Gasteiger partial charge in [0.05, 0.1) is 18.7 Å². The van der Waals surface area contributed by atoms with E-state index in [4.69, 9.17) is 28.9 Å². The Kier molecular flexibility index (Phi) is 8.92. The highest BCUT2D eigenvalue weighted by Crippen LogP contribution is 2.26. The van der Waals surface area contributed by atoms with Crippen molar-refractivity contribution in [1.82, 2.24) is 5.32 Å². The molecule has 2 unspecified atom stereocenters. The molecule has 4 nitrogen and oxygen atoms in total. The van der Waals surface area contributed by atoms with Crippen LogP contribution in [0.5, 0.6) is 0 Å². The van der Waals surface area contributed by atoms with Crippen LogP contribution in [0.4, 0.5) is 4.39 Å². The summed E-state index contributed by atoms with van der Waals surface area (Å²) in [5.74, 6) is -0.182. The van der Waals surface area contributed by atoms with Gasteiger partial charge in [0.2, 0.25) is 0 Å². The van der Waals surface area contributed by atoms with Gasteiger partial charge in [-0.2, -0.15) is 0 Å². The van der Waals surface area contributed by atoms with Crippen molar-refractivity contribution in [3.05, 3.63) is 69.5 Å². The van der Waals surface area contributed by atoms with Crippen LogP contribution >= 0.6 is 47.2 Å². The summed E-state index contributed by atoms with van der Waals surface area (Å²) < 4.78 is 12.9. The second-order valence-electron chi connectivity index (χ2n) is 5.33. The summed E-state index contributed by atoms with van der Waals surface area (Å²) in [5, 5.41) is 14.1. The van der Waals surface area contributed by atoms with Crippen LogP contribution in [0, 0.1) is 5.82 Å². The Morgan fingerprint density at radius 3 is 2.48 bits per heavy atom. The van der Waals surface area contributed by atoms with Crippen LogP contribution in [0.15, 0.2) is 47.5 Å². The zero-order valence-electron chi connectivity index (χ0n) is 13.4. The van der Waals surface area contributed by atoms with E-state index in [0.717, 1.165) is 5.56 Å². The van der Waals surface area contributed by atoms with Gasteiger partial charge in [-0.15, -0.1) is 24.0 Å². The summed E-state index contributed by atoms with van der Waals surface area (Å²) >= 11 is 12.0. The SMILES string of the molecule is CC(NC(N)=NCC(O)c1ccc(F)cc1)c1ccc(Cl)cc1Cl.I. The molecule has 136 valence electrons. The molecule has 2 atom stereocenters. The third kappa shape index (κ3) is 6.62. The lowest BCUT2D eigenvalue weighted by atomic mass is 10.1. The lowest BCUT2D eigenvalue weighted by Gasteiger charge is -2.17. The molecule has 0 radical (unpaired) electrons. The molecule has 0 bridgehead atoms. The number of halogens is 4. The van der Waals surface area contributed by atoms with Crippen LogP contribution in [-0.2, 0) is 0 Å². The molecule has 0 aromatic heterocycles. The molecule has 2 aromatic carbocycles. The third-order valence-corrected chi connectivity index (χ3v) is 4.05. The Labute approximate surface area is 173 Å². The van der Waals surface area contributed by atoms with Crippen molar-refractivity contribution in [3.63, 3.8) is 0 Å². The van der Waals surface area contributed by atoms with E-state index in [1.165, 1.54) is 24.3 Å². The van der Waals surface area contributed by atoms with Crippen molar-refractivity contribution in [2.24, 2.45) is 10.7 Å². The molecule has 8 heteroatoms. The second-order valence-corrected chi connectivity index (χ2v) is 6.17. The lowest BCUT2D eigenvalue weighted by molar-refractivity contribution is 0.187. The van der Waals surface area contributed by atoms with Crippen molar-refractivity contribution in [1.29, 1.82) is 0 Å². The van der Waals surface area contributed by atoms with Crippen LogP contribution in [0.3, 0.4) is 0 Å². The highest BCUT2D eigenvalue weighted by molar-refractivity contribution is 14.0. The average molecular weight is 498 g/mol. The molecule has 0 aliphatic heterocycles. The molecule has 0 saturated heterocycles. The summed E-state index contributed by atoms with van der Waals surface area (Å²) in [7, 11) is 0. The minimum absolute atomic E-state index is 0. The Morgan fingerprint density at radius 1 is 1.24 bits per heavy atom. The normalized spacial score (nSPS) is 13.7. The van der Waals surface area contributed by atoms with E-state index in [-0.39, 0.29) is 48.3 Å². The fourth-order valence-corrected chi connectivity index (χ4v) is 2.75. The van der Waals surface area contributed by atoms with Crippen LogP contribution in [-0.4, -0.2) is 17.6 Å². The second kappa shape index (κ2) is 10.2. The van der Waals surface area contributed by atoms with Gasteiger partial charge in [-0.3, -0.25) is 4.99 Å². The van der Waals surface area contributed by atoms with Crippen molar-refractivity contribution in [2.75, 3.05) is 6.54 Å². The minimum atomic E-state index is -0.861. The summed E-state index contributed by atoms with van der Waals surface area (Å²) in [4.78, 5) is 4.11. The molecular weight excluding hydrogens is 479 g/mol. The number of nitrogens with one attached hydrogen (secondary N) is 1. The van der Waals surface area contributed by atoms with Gasteiger partial charge in [-0.1, -0.05) is 41.4 Å². The Morgan fingerprint density at radius 2 is 1.88 bits per heavy atom. The minimum Gasteiger partial charge on any atom is -0.386 e. The van der Waals surface area contributed by atoms with Crippen molar-refractivity contribution >= 4 is 53.1 Å². The number of nitrogens with two attached hydrogens (primary N) is 1. The number of hydrogen-bond acceptors (Lipinski definition) is 2. The maximum Gasteiger partial charge on any atom is 0.189 e. The highest BCUT2D eigenvalue weighted by Gasteiger charge is 2.11. The van der Waals surface area contributed by atoms with Gasteiger partial charge in [-0.05, 0) is 42.3 Å². The first-order valence-electron chi connectivity index (χ1n) is 7.31. The zero-order chi connectivity index (χ0) is 17.7.